The molecule has 7 nitrogen and oxygen atoms in total. The van der Waals surface area contributed by atoms with Gasteiger partial charge in [0, 0.05) is 12.2 Å². The highest BCUT2D eigenvalue weighted by atomic mass is 32.2. The molecule has 2 aromatic rings. The standard InChI is InChI=1S/C21H26N2O5S/c1-5-22-29(26,27)17-10-7-9-16(12-17)21(25)28-13-19(24)23-20-15(4)8-6-11-18(20)14(2)3/h6-12,14,22H,5,13H2,1-4H3,(H,23,24). The van der Waals surface area contributed by atoms with Gasteiger partial charge in [0.1, 0.15) is 0 Å². The molecule has 2 rings (SSSR count). The lowest BCUT2D eigenvalue weighted by atomic mass is 9.98. The molecule has 0 aliphatic carbocycles. The third-order valence-corrected chi connectivity index (χ3v) is 5.78. The van der Waals surface area contributed by atoms with Gasteiger partial charge in [0.25, 0.3) is 5.91 Å². The Morgan fingerprint density at radius 3 is 2.45 bits per heavy atom. The molecule has 2 N–H and O–H groups in total. The van der Waals surface area contributed by atoms with Crippen molar-refractivity contribution in [3.05, 3.63) is 59.2 Å². The number of sulfonamides is 1. The summed E-state index contributed by atoms with van der Waals surface area (Å²) >= 11 is 0. The summed E-state index contributed by atoms with van der Waals surface area (Å²) in [6.45, 7) is 7.36. The number of rotatable bonds is 8. The predicted octanol–water partition coefficient (Wildman–Crippen LogP) is 3.21. The molecule has 0 spiro atoms. The fourth-order valence-corrected chi connectivity index (χ4v) is 3.88. The number of para-hydroxylation sites is 1. The molecule has 0 heterocycles. The number of carbonyl (C=O) groups is 2. The van der Waals surface area contributed by atoms with E-state index in [1.165, 1.54) is 24.3 Å². The molecular weight excluding hydrogens is 392 g/mol. The van der Waals surface area contributed by atoms with E-state index in [2.05, 4.69) is 10.0 Å². The molecule has 0 saturated carbocycles. The summed E-state index contributed by atoms with van der Waals surface area (Å²) in [5.41, 5.74) is 2.67. The van der Waals surface area contributed by atoms with Crippen LogP contribution in [0.4, 0.5) is 5.69 Å². The number of hydrogen-bond donors (Lipinski definition) is 2. The molecule has 0 unspecified atom stereocenters. The van der Waals surface area contributed by atoms with Crippen LogP contribution in [0.25, 0.3) is 0 Å². The minimum absolute atomic E-state index is 0.0419. The quantitative estimate of drug-likeness (QED) is 0.641. The van der Waals surface area contributed by atoms with Crippen molar-refractivity contribution < 1.29 is 22.7 Å². The topological polar surface area (TPSA) is 102 Å². The van der Waals surface area contributed by atoms with E-state index >= 15 is 0 Å². The smallest absolute Gasteiger partial charge is 0.338 e. The second kappa shape index (κ2) is 9.67. The second-order valence-corrected chi connectivity index (χ2v) is 8.61. The highest BCUT2D eigenvalue weighted by Gasteiger charge is 2.17. The average Bonchev–Trinajstić information content (AvgIpc) is 2.67. The number of esters is 1. The first-order chi connectivity index (χ1) is 13.7. The third-order valence-electron chi connectivity index (χ3n) is 4.24. The first kappa shape index (κ1) is 22.6. The highest BCUT2D eigenvalue weighted by Crippen LogP contribution is 2.27. The summed E-state index contributed by atoms with van der Waals surface area (Å²) in [6, 6.07) is 11.2. The lowest BCUT2D eigenvalue weighted by Gasteiger charge is -2.16. The van der Waals surface area contributed by atoms with Crippen molar-refractivity contribution in [3.8, 4) is 0 Å². The first-order valence-corrected chi connectivity index (χ1v) is 10.8. The van der Waals surface area contributed by atoms with Crippen LogP contribution in [0.2, 0.25) is 0 Å². The van der Waals surface area contributed by atoms with Crippen molar-refractivity contribution in [2.24, 2.45) is 0 Å². The maximum atomic E-state index is 12.3. The van der Waals surface area contributed by atoms with Crippen molar-refractivity contribution in [1.82, 2.24) is 4.72 Å². The van der Waals surface area contributed by atoms with Crippen LogP contribution in [0.3, 0.4) is 0 Å². The molecule has 156 valence electrons. The maximum absolute atomic E-state index is 12.3. The molecule has 0 aromatic heterocycles. The third kappa shape index (κ3) is 5.88. The lowest BCUT2D eigenvalue weighted by Crippen LogP contribution is -2.24. The number of aryl methyl sites for hydroxylation is 1. The number of anilines is 1. The molecule has 0 aliphatic heterocycles. The molecule has 0 bridgehead atoms. The second-order valence-electron chi connectivity index (χ2n) is 6.85. The number of carbonyl (C=O) groups excluding carboxylic acids is 2. The number of amides is 1. The van der Waals surface area contributed by atoms with E-state index in [9.17, 15) is 18.0 Å². The Kier molecular flexibility index (Phi) is 7.53. The van der Waals surface area contributed by atoms with Gasteiger partial charge in [-0.15, -0.1) is 0 Å². The Hall–Kier alpha value is -2.71. The van der Waals surface area contributed by atoms with Crippen LogP contribution in [-0.4, -0.2) is 33.4 Å². The number of ether oxygens (including phenoxy) is 1. The molecule has 8 heteroatoms. The van der Waals surface area contributed by atoms with Gasteiger partial charge in [-0.05, 0) is 42.2 Å². The molecule has 0 saturated heterocycles. The zero-order valence-electron chi connectivity index (χ0n) is 17.0. The van der Waals surface area contributed by atoms with Gasteiger partial charge < -0.3 is 10.1 Å². The van der Waals surface area contributed by atoms with Crippen molar-refractivity contribution in [2.45, 2.75) is 38.5 Å². The summed E-state index contributed by atoms with van der Waals surface area (Å²) in [4.78, 5) is 24.5. The molecule has 0 fully saturated rings. The maximum Gasteiger partial charge on any atom is 0.338 e. The minimum Gasteiger partial charge on any atom is -0.452 e. The van der Waals surface area contributed by atoms with Crippen LogP contribution in [0, 0.1) is 6.92 Å². The van der Waals surface area contributed by atoms with Crippen LogP contribution in [0.5, 0.6) is 0 Å². The summed E-state index contributed by atoms with van der Waals surface area (Å²) in [5, 5.41) is 2.80. The number of hydrogen-bond acceptors (Lipinski definition) is 5. The monoisotopic (exact) mass is 418 g/mol. The van der Waals surface area contributed by atoms with Crippen molar-refractivity contribution in [1.29, 1.82) is 0 Å². The Labute approximate surface area is 171 Å². The zero-order valence-corrected chi connectivity index (χ0v) is 17.8. The van der Waals surface area contributed by atoms with Gasteiger partial charge in [0.15, 0.2) is 6.61 Å². The fourth-order valence-electron chi connectivity index (χ4n) is 2.80. The molecule has 29 heavy (non-hydrogen) atoms. The molecule has 0 radical (unpaired) electrons. The van der Waals surface area contributed by atoms with Crippen LogP contribution in [0.15, 0.2) is 47.4 Å². The summed E-state index contributed by atoms with van der Waals surface area (Å²) in [6.07, 6.45) is 0. The van der Waals surface area contributed by atoms with Crippen LogP contribution < -0.4 is 10.0 Å². The molecule has 1 amide bonds. The molecule has 2 aromatic carbocycles. The predicted molar refractivity (Wildman–Crippen MR) is 111 cm³/mol. The van der Waals surface area contributed by atoms with Crippen LogP contribution in [-0.2, 0) is 19.6 Å². The van der Waals surface area contributed by atoms with Crippen molar-refractivity contribution in [2.75, 3.05) is 18.5 Å². The van der Waals surface area contributed by atoms with Crippen LogP contribution in [0.1, 0.15) is 48.2 Å². The number of benzene rings is 2. The fraction of sp³-hybridized carbons (Fsp3) is 0.333. The van der Waals surface area contributed by atoms with E-state index < -0.39 is 28.5 Å². The largest absolute Gasteiger partial charge is 0.452 e. The first-order valence-electron chi connectivity index (χ1n) is 9.32. The summed E-state index contributed by atoms with van der Waals surface area (Å²) < 4.78 is 31.6. The van der Waals surface area contributed by atoms with Crippen LogP contribution >= 0.6 is 0 Å². The van der Waals surface area contributed by atoms with E-state index in [-0.39, 0.29) is 22.9 Å². The Bertz CT molecular complexity index is 1000. The summed E-state index contributed by atoms with van der Waals surface area (Å²) in [7, 11) is -3.69. The lowest BCUT2D eigenvalue weighted by molar-refractivity contribution is -0.119. The SMILES string of the molecule is CCNS(=O)(=O)c1cccc(C(=O)OCC(=O)Nc2c(C)cccc2C(C)C)c1. The van der Waals surface area contributed by atoms with Crippen molar-refractivity contribution in [3.63, 3.8) is 0 Å². The summed E-state index contributed by atoms with van der Waals surface area (Å²) in [5.74, 6) is -1.03. The van der Waals surface area contributed by atoms with E-state index in [4.69, 9.17) is 4.74 Å². The van der Waals surface area contributed by atoms with E-state index in [1.807, 2.05) is 39.0 Å². The van der Waals surface area contributed by atoms with Gasteiger partial charge in [0.05, 0.1) is 10.5 Å². The number of nitrogens with one attached hydrogen (secondary N) is 2. The van der Waals surface area contributed by atoms with Gasteiger partial charge in [-0.3, -0.25) is 4.79 Å². The van der Waals surface area contributed by atoms with Gasteiger partial charge in [-0.1, -0.05) is 45.0 Å². The Morgan fingerprint density at radius 2 is 1.79 bits per heavy atom. The minimum atomic E-state index is -3.69. The molecule has 0 atom stereocenters. The average molecular weight is 419 g/mol. The van der Waals surface area contributed by atoms with E-state index in [1.54, 1.807) is 6.92 Å². The van der Waals surface area contributed by atoms with Crippen molar-refractivity contribution >= 4 is 27.6 Å². The van der Waals surface area contributed by atoms with E-state index in [0.717, 1.165) is 11.1 Å². The Morgan fingerprint density at radius 1 is 1.10 bits per heavy atom. The van der Waals surface area contributed by atoms with Gasteiger partial charge in [-0.25, -0.2) is 17.9 Å². The van der Waals surface area contributed by atoms with E-state index in [0.29, 0.717) is 5.69 Å². The zero-order chi connectivity index (χ0) is 21.6. The molecule has 0 aliphatic rings. The van der Waals surface area contributed by atoms with Gasteiger partial charge in [-0.2, -0.15) is 0 Å². The highest BCUT2D eigenvalue weighted by molar-refractivity contribution is 7.89. The van der Waals surface area contributed by atoms with Gasteiger partial charge in [0.2, 0.25) is 10.0 Å². The molecular formula is C21H26N2O5S. The Balaban J connectivity index is 2.06. The van der Waals surface area contributed by atoms with Gasteiger partial charge >= 0.3 is 5.97 Å². The normalized spacial score (nSPS) is 11.3.